The van der Waals surface area contributed by atoms with E-state index in [0.29, 0.717) is 23.0 Å². The van der Waals surface area contributed by atoms with Gasteiger partial charge in [0.15, 0.2) is 12.2 Å². The molecule has 0 aromatic heterocycles. The second kappa shape index (κ2) is 18.0. The Morgan fingerprint density at radius 2 is 0.755 bits per heavy atom. The Morgan fingerprint density at radius 1 is 0.490 bits per heavy atom. The van der Waals surface area contributed by atoms with Crippen molar-refractivity contribution in [3.63, 3.8) is 0 Å². The average molecular weight is 669 g/mol. The minimum atomic E-state index is -0.560. The summed E-state index contributed by atoms with van der Waals surface area (Å²) in [6.07, 6.45) is 0.785. The first-order chi connectivity index (χ1) is 23.5. The van der Waals surface area contributed by atoms with Gasteiger partial charge in [-0.3, -0.25) is 9.59 Å². The number of aryl methyl sites for hydroxylation is 2. The molecule has 0 amide bonds. The number of carbonyl (C=O) groups is 2. The lowest BCUT2D eigenvalue weighted by molar-refractivity contribution is -0.150. The molecule has 4 aromatic rings. The van der Waals surface area contributed by atoms with E-state index in [1.165, 1.54) is 25.0 Å². The third kappa shape index (κ3) is 11.6. The zero-order valence-corrected chi connectivity index (χ0v) is 29.4. The molecule has 0 heterocycles. The highest BCUT2D eigenvalue weighted by Crippen LogP contribution is 2.33. The number of esters is 2. The highest BCUT2D eigenvalue weighted by Gasteiger charge is 2.24. The largest absolute Gasteiger partial charge is 0.490 e. The summed E-state index contributed by atoms with van der Waals surface area (Å²) in [6.45, 7) is 11.9. The molecule has 0 aliphatic carbocycles. The number of carbonyl (C=O) groups excluding carboxylic acids is 2. The van der Waals surface area contributed by atoms with E-state index >= 15 is 0 Å². The van der Waals surface area contributed by atoms with E-state index in [1.54, 1.807) is 0 Å². The summed E-state index contributed by atoms with van der Waals surface area (Å²) in [7, 11) is 0. The molecule has 0 spiro atoms. The number of hydrogen-bond donors (Lipinski definition) is 0. The van der Waals surface area contributed by atoms with Crippen LogP contribution in [0, 0.1) is 0 Å². The molecule has 0 saturated carbocycles. The van der Waals surface area contributed by atoms with Crippen LogP contribution in [0.4, 0.5) is 0 Å². The molecule has 4 rings (SSSR count). The van der Waals surface area contributed by atoms with Crippen molar-refractivity contribution in [2.75, 3.05) is 26.4 Å². The minimum absolute atomic E-state index is 0.160. The van der Waals surface area contributed by atoms with Gasteiger partial charge in [0.1, 0.15) is 49.4 Å². The van der Waals surface area contributed by atoms with Gasteiger partial charge in [0, 0.05) is 19.3 Å². The van der Waals surface area contributed by atoms with Crippen LogP contribution in [-0.4, -0.2) is 50.6 Å². The number of hydrogen-bond acceptors (Lipinski definition) is 8. The summed E-state index contributed by atoms with van der Waals surface area (Å²) in [4.78, 5) is 23.4. The van der Waals surface area contributed by atoms with Crippen LogP contribution in [0.1, 0.15) is 63.8 Å². The van der Waals surface area contributed by atoms with E-state index in [2.05, 4.69) is 27.7 Å². The first kappa shape index (κ1) is 36.8. The Labute approximate surface area is 290 Å². The standard InChI is InChI=1S/C41H48O8/c1-7-31-9-17-35(18-10-31)44-25-39(48-29(3)42)27-46-37-21-13-33(14-22-37)41(5,6)34-15-23-38(24-16-34)47-28-40(49-30(4)43)26-45-36-19-11-32(8-2)12-20-36/h9-24,39-40H,7-8,25-28H2,1-6H3. The molecule has 8 nitrogen and oxygen atoms in total. The summed E-state index contributed by atoms with van der Waals surface area (Å²) < 4.78 is 34.6. The van der Waals surface area contributed by atoms with Gasteiger partial charge >= 0.3 is 11.9 Å². The Balaban J connectivity index is 1.30. The molecule has 49 heavy (non-hydrogen) atoms. The van der Waals surface area contributed by atoms with E-state index in [9.17, 15) is 9.59 Å². The monoisotopic (exact) mass is 668 g/mol. The van der Waals surface area contributed by atoms with E-state index in [1.807, 2.05) is 97.1 Å². The van der Waals surface area contributed by atoms with Gasteiger partial charge in [0.2, 0.25) is 0 Å². The normalized spacial score (nSPS) is 12.4. The van der Waals surface area contributed by atoms with Gasteiger partial charge in [-0.15, -0.1) is 0 Å². The minimum Gasteiger partial charge on any atom is -0.490 e. The van der Waals surface area contributed by atoms with Gasteiger partial charge in [-0.05, 0) is 83.6 Å². The topological polar surface area (TPSA) is 89.5 Å². The van der Waals surface area contributed by atoms with Crippen LogP contribution >= 0.6 is 0 Å². The summed E-state index contributed by atoms with van der Waals surface area (Å²) in [5, 5.41) is 0. The van der Waals surface area contributed by atoms with E-state index in [4.69, 9.17) is 28.4 Å². The van der Waals surface area contributed by atoms with E-state index in [-0.39, 0.29) is 31.8 Å². The number of ether oxygens (including phenoxy) is 6. The summed E-state index contributed by atoms with van der Waals surface area (Å²) in [5.74, 6) is 1.97. The van der Waals surface area contributed by atoms with Gasteiger partial charge in [-0.25, -0.2) is 0 Å². The summed E-state index contributed by atoms with van der Waals surface area (Å²) in [5.41, 5.74) is 4.34. The maximum Gasteiger partial charge on any atom is 0.303 e. The van der Waals surface area contributed by atoms with Crippen molar-refractivity contribution in [1.29, 1.82) is 0 Å². The zero-order chi connectivity index (χ0) is 35.2. The smallest absolute Gasteiger partial charge is 0.303 e. The van der Waals surface area contributed by atoms with Gasteiger partial charge in [-0.1, -0.05) is 76.2 Å². The second-order valence-corrected chi connectivity index (χ2v) is 12.4. The van der Waals surface area contributed by atoms with Crippen LogP contribution in [0.2, 0.25) is 0 Å². The fraction of sp³-hybridized carbons (Fsp3) is 0.366. The molecule has 2 atom stereocenters. The Hall–Kier alpha value is -4.98. The molecule has 0 aliphatic rings. The van der Waals surface area contributed by atoms with Crippen molar-refractivity contribution in [3.05, 3.63) is 119 Å². The van der Waals surface area contributed by atoms with Gasteiger partial charge in [-0.2, -0.15) is 0 Å². The van der Waals surface area contributed by atoms with E-state index < -0.39 is 24.1 Å². The lowest BCUT2D eigenvalue weighted by Gasteiger charge is -2.27. The van der Waals surface area contributed by atoms with Crippen LogP contribution in [0.15, 0.2) is 97.1 Å². The summed E-state index contributed by atoms with van der Waals surface area (Å²) >= 11 is 0. The summed E-state index contributed by atoms with van der Waals surface area (Å²) in [6, 6.07) is 31.5. The second-order valence-electron chi connectivity index (χ2n) is 12.4. The maximum atomic E-state index is 11.7. The molecule has 0 N–H and O–H groups in total. The zero-order valence-electron chi connectivity index (χ0n) is 29.4. The highest BCUT2D eigenvalue weighted by atomic mass is 16.6. The van der Waals surface area contributed by atoms with Crippen molar-refractivity contribution in [3.8, 4) is 23.0 Å². The molecule has 0 radical (unpaired) electrons. The van der Waals surface area contributed by atoms with Crippen LogP contribution in [0.5, 0.6) is 23.0 Å². The van der Waals surface area contributed by atoms with Crippen LogP contribution < -0.4 is 18.9 Å². The molecule has 0 saturated heterocycles. The van der Waals surface area contributed by atoms with E-state index in [0.717, 1.165) is 24.0 Å². The highest BCUT2D eigenvalue weighted by molar-refractivity contribution is 5.66. The SMILES string of the molecule is CCc1ccc(OCC(COc2ccc(C(C)(C)c3ccc(OCC(COc4ccc(CC)cc4)OC(C)=O)cc3)cc2)OC(C)=O)cc1. The average Bonchev–Trinajstić information content (AvgIpc) is 3.11. The number of rotatable bonds is 18. The van der Waals surface area contributed by atoms with Crippen molar-refractivity contribution in [2.24, 2.45) is 0 Å². The molecule has 4 aromatic carbocycles. The molecule has 8 heteroatoms. The quantitative estimate of drug-likeness (QED) is 0.0989. The predicted molar refractivity (Wildman–Crippen MR) is 190 cm³/mol. The van der Waals surface area contributed by atoms with Crippen LogP contribution in [0.25, 0.3) is 0 Å². The molecule has 0 aliphatic heterocycles. The molecule has 0 fully saturated rings. The first-order valence-corrected chi connectivity index (χ1v) is 16.8. The molecular formula is C41H48O8. The Bertz CT molecular complexity index is 1470. The lowest BCUT2D eigenvalue weighted by Crippen LogP contribution is -2.30. The van der Waals surface area contributed by atoms with Gasteiger partial charge < -0.3 is 28.4 Å². The molecule has 0 bridgehead atoms. The fourth-order valence-corrected chi connectivity index (χ4v) is 5.20. The first-order valence-electron chi connectivity index (χ1n) is 16.8. The van der Waals surface area contributed by atoms with Gasteiger partial charge in [0.25, 0.3) is 0 Å². The number of benzene rings is 4. The van der Waals surface area contributed by atoms with Crippen LogP contribution in [0.3, 0.4) is 0 Å². The third-order valence-corrected chi connectivity index (χ3v) is 8.22. The van der Waals surface area contributed by atoms with Crippen molar-refractivity contribution in [1.82, 2.24) is 0 Å². The molecule has 2 unspecified atom stereocenters. The van der Waals surface area contributed by atoms with Crippen molar-refractivity contribution in [2.45, 2.75) is 72.0 Å². The van der Waals surface area contributed by atoms with Crippen LogP contribution in [-0.2, 0) is 37.3 Å². The van der Waals surface area contributed by atoms with Crippen molar-refractivity contribution >= 4 is 11.9 Å². The van der Waals surface area contributed by atoms with Gasteiger partial charge in [0.05, 0.1) is 0 Å². The van der Waals surface area contributed by atoms with Crippen molar-refractivity contribution < 1.29 is 38.0 Å². The molecule has 260 valence electrons. The lowest BCUT2D eigenvalue weighted by atomic mass is 9.78. The predicted octanol–water partition coefficient (Wildman–Crippen LogP) is 7.92. The third-order valence-electron chi connectivity index (χ3n) is 8.22. The molecular weight excluding hydrogens is 620 g/mol. The Morgan fingerprint density at radius 3 is 1.00 bits per heavy atom. The maximum absolute atomic E-state index is 11.7. The Kier molecular flexibility index (Phi) is 13.5. The fourth-order valence-electron chi connectivity index (χ4n) is 5.20.